The van der Waals surface area contributed by atoms with Gasteiger partial charge in [-0.1, -0.05) is 0 Å². The molecule has 0 aliphatic heterocycles. The van der Waals surface area contributed by atoms with Crippen LogP contribution in [0, 0.1) is 0 Å². The van der Waals surface area contributed by atoms with Gasteiger partial charge in [0.1, 0.15) is 5.56 Å². The first-order valence-corrected chi connectivity index (χ1v) is 7.43. The molecule has 0 unspecified atom stereocenters. The molecule has 1 aromatic carbocycles. The van der Waals surface area contributed by atoms with E-state index in [4.69, 9.17) is 5.14 Å². The van der Waals surface area contributed by atoms with E-state index >= 15 is 0 Å². The van der Waals surface area contributed by atoms with Crippen molar-refractivity contribution < 1.29 is 13.2 Å². The number of nitrogens with two attached hydrogens (primary N) is 1. The second kappa shape index (κ2) is 5.51. The van der Waals surface area contributed by atoms with Gasteiger partial charge in [-0.2, -0.15) is 0 Å². The van der Waals surface area contributed by atoms with Crippen LogP contribution in [-0.4, -0.2) is 26.4 Å². The lowest BCUT2D eigenvalue weighted by molar-refractivity contribution is 0.0991. The van der Waals surface area contributed by atoms with Crippen LogP contribution in [0.4, 0.5) is 5.69 Å². The van der Waals surface area contributed by atoms with Gasteiger partial charge in [0.15, 0.2) is 5.43 Å². The molecule has 0 atom stereocenters. The third-order valence-electron chi connectivity index (χ3n) is 2.91. The Bertz CT molecular complexity index is 825. The summed E-state index contributed by atoms with van der Waals surface area (Å²) in [4.78, 5) is 27.7. The summed E-state index contributed by atoms with van der Waals surface area (Å²) in [7, 11) is -2.30. The summed E-state index contributed by atoms with van der Waals surface area (Å²) < 4.78 is 22.3. The molecule has 110 valence electrons. The number of aromatic nitrogens is 1. The van der Waals surface area contributed by atoms with E-state index < -0.39 is 21.4 Å². The number of nitrogens with one attached hydrogen (secondary N) is 1. The van der Waals surface area contributed by atoms with Crippen LogP contribution in [0.25, 0.3) is 0 Å². The maximum atomic E-state index is 12.2. The van der Waals surface area contributed by atoms with E-state index in [9.17, 15) is 18.0 Å². The molecule has 0 fully saturated rings. The molecule has 7 nitrogen and oxygen atoms in total. The van der Waals surface area contributed by atoms with Crippen LogP contribution in [-0.2, 0) is 10.0 Å². The molecule has 0 saturated heterocycles. The van der Waals surface area contributed by atoms with Crippen molar-refractivity contribution in [3.8, 4) is 0 Å². The molecular weight excluding hydrogens is 294 g/mol. The van der Waals surface area contributed by atoms with Crippen LogP contribution in [0.15, 0.2) is 52.4 Å². The molecule has 3 N–H and O–H groups in total. The van der Waals surface area contributed by atoms with E-state index in [1.807, 2.05) is 0 Å². The van der Waals surface area contributed by atoms with Crippen LogP contribution in [0.1, 0.15) is 10.4 Å². The number of benzene rings is 1. The summed E-state index contributed by atoms with van der Waals surface area (Å²) in [5.41, 5.74) is 0.0398. The van der Waals surface area contributed by atoms with Gasteiger partial charge in [0.25, 0.3) is 5.91 Å². The van der Waals surface area contributed by atoms with Gasteiger partial charge < -0.3 is 9.88 Å². The van der Waals surface area contributed by atoms with Crippen LogP contribution in [0.3, 0.4) is 0 Å². The molecule has 2 aromatic rings. The van der Waals surface area contributed by atoms with E-state index in [1.165, 1.54) is 54.7 Å². The van der Waals surface area contributed by atoms with Gasteiger partial charge in [-0.15, -0.1) is 0 Å². The molecular formula is C13H13N3O4S. The predicted octanol–water partition coefficient (Wildman–Crippen LogP) is 0.299. The van der Waals surface area contributed by atoms with Gasteiger partial charge >= 0.3 is 0 Å². The maximum absolute atomic E-state index is 12.2. The second-order valence-electron chi connectivity index (χ2n) is 4.33. The van der Waals surface area contributed by atoms with Gasteiger partial charge in [0, 0.05) is 31.2 Å². The fourth-order valence-corrected chi connectivity index (χ4v) is 2.26. The molecule has 8 heteroatoms. The van der Waals surface area contributed by atoms with Crippen molar-refractivity contribution in [2.24, 2.45) is 5.14 Å². The SMILES string of the molecule is CN(C(=O)c1c[nH]ccc1=O)c1ccc(S(N)(=O)=O)cc1. The minimum Gasteiger partial charge on any atom is -0.367 e. The Labute approximate surface area is 121 Å². The largest absolute Gasteiger partial charge is 0.367 e. The zero-order valence-electron chi connectivity index (χ0n) is 11.1. The Morgan fingerprint density at radius 1 is 1.19 bits per heavy atom. The summed E-state index contributed by atoms with van der Waals surface area (Å²) in [5, 5.41) is 5.00. The molecule has 2 rings (SSSR count). The van der Waals surface area contributed by atoms with E-state index in [0.717, 1.165) is 0 Å². The van der Waals surface area contributed by atoms with Crippen molar-refractivity contribution in [3.05, 3.63) is 58.5 Å². The lowest BCUT2D eigenvalue weighted by Gasteiger charge is -2.17. The molecule has 21 heavy (non-hydrogen) atoms. The summed E-state index contributed by atoms with van der Waals surface area (Å²) in [6, 6.07) is 6.72. The topological polar surface area (TPSA) is 113 Å². The van der Waals surface area contributed by atoms with E-state index in [-0.39, 0.29) is 10.5 Å². The highest BCUT2D eigenvalue weighted by molar-refractivity contribution is 7.89. The predicted molar refractivity (Wildman–Crippen MR) is 77.6 cm³/mol. The quantitative estimate of drug-likeness (QED) is 0.848. The van der Waals surface area contributed by atoms with Crippen molar-refractivity contribution in [2.45, 2.75) is 4.90 Å². The monoisotopic (exact) mass is 307 g/mol. The highest BCUT2D eigenvalue weighted by Gasteiger charge is 2.17. The molecule has 0 spiro atoms. The van der Waals surface area contributed by atoms with Crippen molar-refractivity contribution in [2.75, 3.05) is 11.9 Å². The van der Waals surface area contributed by atoms with Gasteiger partial charge in [-0.3, -0.25) is 9.59 Å². The summed E-state index contributed by atoms with van der Waals surface area (Å²) >= 11 is 0. The van der Waals surface area contributed by atoms with Crippen molar-refractivity contribution in [3.63, 3.8) is 0 Å². The number of sulfonamides is 1. The second-order valence-corrected chi connectivity index (χ2v) is 5.89. The van der Waals surface area contributed by atoms with E-state index in [1.54, 1.807) is 0 Å². The fraction of sp³-hybridized carbons (Fsp3) is 0.0769. The average molecular weight is 307 g/mol. The lowest BCUT2D eigenvalue weighted by Crippen LogP contribution is -2.30. The molecule has 1 amide bonds. The molecule has 0 aliphatic carbocycles. The first-order valence-electron chi connectivity index (χ1n) is 5.89. The Kier molecular flexibility index (Phi) is 3.92. The molecule has 1 aromatic heterocycles. The number of pyridine rings is 1. The highest BCUT2D eigenvalue weighted by atomic mass is 32.2. The van der Waals surface area contributed by atoms with Crippen molar-refractivity contribution in [1.29, 1.82) is 0 Å². The zero-order valence-corrected chi connectivity index (χ0v) is 11.9. The third-order valence-corrected chi connectivity index (χ3v) is 3.84. The van der Waals surface area contributed by atoms with Crippen molar-refractivity contribution in [1.82, 2.24) is 4.98 Å². The van der Waals surface area contributed by atoms with Crippen LogP contribution in [0.2, 0.25) is 0 Å². The number of aromatic amines is 1. The number of H-pyrrole nitrogens is 1. The number of carbonyl (C=O) groups is 1. The molecule has 0 saturated carbocycles. The third kappa shape index (κ3) is 3.18. The smallest absolute Gasteiger partial charge is 0.263 e. The van der Waals surface area contributed by atoms with Crippen LogP contribution < -0.4 is 15.5 Å². The van der Waals surface area contributed by atoms with Crippen molar-refractivity contribution >= 4 is 21.6 Å². The van der Waals surface area contributed by atoms with Crippen LogP contribution >= 0.6 is 0 Å². The fourth-order valence-electron chi connectivity index (χ4n) is 1.74. The average Bonchev–Trinajstić information content (AvgIpc) is 2.45. The van der Waals surface area contributed by atoms with Gasteiger partial charge in [-0.25, -0.2) is 13.6 Å². The summed E-state index contributed by atoms with van der Waals surface area (Å²) in [6.07, 6.45) is 2.75. The number of primary sulfonamides is 1. The molecule has 0 bridgehead atoms. The first-order chi connectivity index (χ1) is 9.80. The minimum absolute atomic E-state index is 0.00415. The first kappa shape index (κ1) is 14.9. The molecule has 0 aliphatic rings. The number of anilines is 1. The normalized spacial score (nSPS) is 11.1. The number of hydrogen-bond acceptors (Lipinski definition) is 4. The maximum Gasteiger partial charge on any atom is 0.263 e. The van der Waals surface area contributed by atoms with E-state index in [2.05, 4.69) is 4.98 Å². The van der Waals surface area contributed by atoms with Gasteiger partial charge in [0.05, 0.1) is 4.90 Å². The number of carbonyl (C=O) groups excluding carboxylic acids is 1. The van der Waals surface area contributed by atoms with Crippen LogP contribution in [0.5, 0.6) is 0 Å². The van der Waals surface area contributed by atoms with E-state index in [0.29, 0.717) is 5.69 Å². The Balaban J connectivity index is 2.32. The summed E-state index contributed by atoms with van der Waals surface area (Å²) in [5.74, 6) is -0.500. The standard InChI is InChI=1S/C13H13N3O4S/c1-16(13(18)11-8-15-7-6-12(11)17)9-2-4-10(5-3-9)21(14,19)20/h2-8H,1H3,(H,15,17)(H2,14,19,20). The Hall–Kier alpha value is -2.45. The zero-order chi connectivity index (χ0) is 15.6. The highest BCUT2D eigenvalue weighted by Crippen LogP contribution is 2.17. The molecule has 1 heterocycles. The number of hydrogen-bond donors (Lipinski definition) is 2. The lowest BCUT2D eigenvalue weighted by atomic mass is 10.2. The van der Waals surface area contributed by atoms with Gasteiger partial charge in [-0.05, 0) is 24.3 Å². The number of nitrogens with zero attached hydrogens (tertiary/aromatic N) is 1. The number of rotatable bonds is 3. The van der Waals surface area contributed by atoms with Gasteiger partial charge in [0.2, 0.25) is 10.0 Å². The summed E-state index contributed by atoms with van der Waals surface area (Å²) in [6.45, 7) is 0. The molecule has 0 radical (unpaired) electrons. The Morgan fingerprint density at radius 2 is 1.81 bits per heavy atom. The minimum atomic E-state index is -3.78. The number of amides is 1. The Morgan fingerprint density at radius 3 is 2.33 bits per heavy atom.